The van der Waals surface area contributed by atoms with Crippen LogP contribution in [0.1, 0.15) is 25.0 Å². The van der Waals surface area contributed by atoms with Crippen LogP contribution >= 0.6 is 11.3 Å². The first kappa shape index (κ1) is 10.0. The van der Waals surface area contributed by atoms with Gasteiger partial charge in [-0.15, -0.1) is 11.3 Å². The fourth-order valence-corrected chi connectivity index (χ4v) is 2.08. The zero-order valence-electron chi connectivity index (χ0n) is 8.14. The Morgan fingerprint density at radius 2 is 2.50 bits per heavy atom. The highest BCUT2D eigenvalue weighted by Gasteiger charge is 2.38. The van der Waals surface area contributed by atoms with Crippen LogP contribution < -0.4 is 0 Å². The second-order valence-electron chi connectivity index (χ2n) is 3.68. The highest BCUT2D eigenvalue weighted by atomic mass is 32.1. The first-order chi connectivity index (χ1) is 6.58. The van der Waals surface area contributed by atoms with Crippen LogP contribution in [-0.2, 0) is 9.47 Å². The number of rotatable bonds is 2. The molecule has 0 radical (unpaired) electrons. The number of hydrogen-bond donors (Lipinski definition) is 1. The van der Waals surface area contributed by atoms with Gasteiger partial charge in [0.05, 0.1) is 6.61 Å². The Morgan fingerprint density at radius 1 is 1.71 bits per heavy atom. The van der Waals surface area contributed by atoms with Gasteiger partial charge in [0.2, 0.25) is 0 Å². The molecule has 0 aliphatic carbocycles. The van der Waals surface area contributed by atoms with Crippen LogP contribution in [0.5, 0.6) is 0 Å². The predicted molar refractivity (Wildman–Crippen MR) is 52.0 cm³/mol. The summed E-state index contributed by atoms with van der Waals surface area (Å²) in [7, 11) is 0. The molecule has 2 unspecified atom stereocenters. The van der Waals surface area contributed by atoms with Crippen LogP contribution in [0.25, 0.3) is 0 Å². The molecule has 0 saturated carbocycles. The number of nitrogens with zero attached hydrogens (tertiary/aromatic N) is 1. The van der Waals surface area contributed by atoms with Gasteiger partial charge in [-0.05, 0) is 13.8 Å². The fourth-order valence-electron chi connectivity index (χ4n) is 1.41. The second kappa shape index (κ2) is 3.58. The van der Waals surface area contributed by atoms with E-state index in [1.165, 1.54) is 11.3 Å². The summed E-state index contributed by atoms with van der Waals surface area (Å²) in [5, 5.41) is 12.4. The maximum atomic E-state index is 9.88. The Hall–Kier alpha value is -0.490. The van der Waals surface area contributed by atoms with E-state index in [2.05, 4.69) is 4.98 Å². The van der Waals surface area contributed by atoms with Gasteiger partial charge in [0, 0.05) is 11.6 Å². The van der Waals surface area contributed by atoms with E-state index in [9.17, 15) is 5.11 Å². The number of thiazole rings is 1. The number of hydrogen-bond acceptors (Lipinski definition) is 5. The molecule has 2 heterocycles. The zero-order valence-corrected chi connectivity index (χ0v) is 8.95. The smallest absolute Gasteiger partial charge is 0.163 e. The van der Waals surface area contributed by atoms with Gasteiger partial charge in [0.15, 0.2) is 5.79 Å². The van der Waals surface area contributed by atoms with Gasteiger partial charge in [0.25, 0.3) is 0 Å². The maximum Gasteiger partial charge on any atom is 0.163 e. The quantitative estimate of drug-likeness (QED) is 0.808. The van der Waals surface area contributed by atoms with Gasteiger partial charge in [-0.25, -0.2) is 4.98 Å². The van der Waals surface area contributed by atoms with Crippen molar-refractivity contribution in [3.05, 3.63) is 16.6 Å². The Bertz CT molecular complexity index is 299. The van der Waals surface area contributed by atoms with Crippen molar-refractivity contribution < 1.29 is 14.6 Å². The summed E-state index contributed by atoms with van der Waals surface area (Å²) >= 11 is 1.42. The van der Waals surface area contributed by atoms with Gasteiger partial charge < -0.3 is 14.6 Å². The third kappa shape index (κ3) is 1.95. The molecule has 1 fully saturated rings. The summed E-state index contributed by atoms with van der Waals surface area (Å²) in [6.45, 7) is 4.08. The highest BCUT2D eigenvalue weighted by molar-refractivity contribution is 7.09. The largest absolute Gasteiger partial charge is 0.383 e. The first-order valence-corrected chi connectivity index (χ1v) is 5.36. The van der Waals surface area contributed by atoms with Crippen molar-refractivity contribution in [1.29, 1.82) is 0 Å². The van der Waals surface area contributed by atoms with Crippen LogP contribution in [-0.4, -0.2) is 28.6 Å². The summed E-state index contributed by atoms with van der Waals surface area (Å²) in [5.41, 5.74) is 0. The standard InChI is InChI=1S/C9H13NO3S/c1-9(2)12-5-6(13-9)7(11)8-10-3-4-14-8/h3-4,6-7,11H,5H2,1-2H3. The summed E-state index contributed by atoms with van der Waals surface area (Å²) in [6.07, 6.45) is 0.678. The molecule has 1 aromatic heterocycles. The topological polar surface area (TPSA) is 51.6 Å². The fraction of sp³-hybridized carbons (Fsp3) is 0.667. The molecule has 0 bridgehead atoms. The Kier molecular flexibility index (Phi) is 2.57. The molecular weight excluding hydrogens is 202 g/mol. The van der Waals surface area contributed by atoms with Crippen LogP contribution in [0.15, 0.2) is 11.6 Å². The lowest BCUT2D eigenvalue weighted by atomic mass is 10.2. The minimum atomic E-state index is -0.684. The number of aliphatic hydroxyl groups excluding tert-OH is 1. The molecule has 0 aromatic carbocycles. The monoisotopic (exact) mass is 215 g/mol. The van der Waals surface area contributed by atoms with E-state index in [0.717, 1.165) is 0 Å². The van der Waals surface area contributed by atoms with Crippen molar-refractivity contribution in [3.63, 3.8) is 0 Å². The molecule has 0 amide bonds. The Balaban J connectivity index is 2.04. The van der Waals surface area contributed by atoms with E-state index in [-0.39, 0.29) is 6.10 Å². The average Bonchev–Trinajstić information content (AvgIpc) is 2.72. The van der Waals surface area contributed by atoms with Crippen molar-refractivity contribution >= 4 is 11.3 Å². The van der Waals surface area contributed by atoms with Crippen molar-refractivity contribution in [1.82, 2.24) is 4.98 Å². The van der Waals surface area contributed by atoms with Crippen molar-refractivity contribution in [2.45, 2.75) is 31.8 Å². The van der Waals surface area contributed by atoms with Crippen LogP contribution in [0.2, 0.25) is 0 Å². The molecule has 4 nitrogen and oxygen atoms in total. The van der Waals surface area contributed by atoms with E-state index >= 15 is 0 Å². The molecule has 1 saturated heterocycles. The zero-order chi connectivity index (χ0) is 10.2. The summed E-state index contributed by atoms with van der Waals surface area (Å²) < 4.78 is 10.9. The summed E-state index contributed by atoms with van der Waals surface area (Å²) in [5.74, 6) is -0.594. The van der Waals surface area contributed by atoms with Gasteiger partial charge >= 0.3 is 0 Å². The van der Waals surface area contributed by atoms with Crippen molar-refractivity contribution in [3.8, 4) is 0 Å². The first-order valence-electron chi connectivity index (χ1n) is 4.48. The lowest BCUT2D eigenvalue weighted by Crippen LogP contribution is -2.25. The number of aliphatic hydroxyl groups is 1. The molecule has 1 aliphatic heterocycles. The van der Waals surface area contributed by atoms with E-state index in [4.69, 9.17) is 9.47 Å². The molecule has 5 heteroatoms. The molecular formula is C9H13NO3S. The second-order valence-corrected chi connectivity index (χ2v) is 4.61. The predicted octanol–water partition coefficient (Wildman–Crippen LogP) is 1.33. The van der Waals surface area contributed by atoms with Crippen LogP contribution in [0, 0.1) is 0 Å². The molecule has 1 aromatic rings. The van der Waals surface area contributed by atoms with Gasteiger partial charge in [-0.1, -0.05) is 0 Å². The van der Waals surface area contributed by atoms with E-state index in [1.807, 2.05) is 19.2 Å². The average molecular weight is 215 g/mol. The third-order valence-electron chi connectivity index (χ3n) is 2.09. The van der Waals surface area contributed by atoms with E-state index in [1.54, 1.807) is 6.20 Å². The van der Waals surface area contributed by atoms with E-state index < -0.39 is 11.9 Å². The minimum Gasteiger partial charge on any atom is -0.383 e. The minimum absolute atomic E-state index is 0.309. The molecule has 14 heavy (non-hydrogen) atoms. The lowest BCUT2D eigenvalue weighted by molar-refractivity contribution is -0.151. The number of ether oxygens (including phenoxy) is 2. The molecule has 1 N–H and O–H groups in total. The normalized spacial score (nSPS) is 27.8. The number of aromatic nitrogens is 1. The lowest BCUT2D eigenvalue weighted by Gasteiger charge is -2.19. The third-order valence-corrected chi connectivity index (χ3v) is 2.93. The van der Waals surface area contributed by atoms with Gasteiger partial charge in [-0.2, -0.15) is 0 Å². The Labute approximate surface area is 86.5 Å². The van der Waals surface area contributed by atoms with E-state index in [0.29, 0.717) is 11.6 Å². The van der Waals surface area contributed by atoms with Crippen molar-refractivity contribution in [2.24, 2.45) is 0 Å². The van der Waals surface area contributed by atoms with Crippen molar-refractivity contribution in [2.75, 3.05) is 6.61 Å². The van der Waals surface area contributed by atoms with Gasteiger partial charge in [-0.3, -0.25) is 0 Å². The molecule has 2 rings (SSSR count). The molecule has 2 atom stereocenters. The maximum absolute atomic E-state index is 9.88. The Morgan fingerprint density at radius 3 is 3.00 bits per heavy atom. The van der Waals surface area contributed by atoms with Crippen LogP contribution in [0.4, 0.5) is 0 Å². The molecule has 78 valence electrons. The van der Waals surface area contributed by atoms with Gasteiger partial charge in [0.1, 0.15) is 17.2 Å². The summed E-state index contributed by atoms with van der Waals surface area (Å²) in [4.78, 5) is 4.04. The SMILES string of the molecule is CC1(C)OCC(C(O)c2nccs2)O1. The molecule has 1 aliphatic rings. The summed E-state index contributed by atoms with van der Waals surface area (Å²) in [6, 6.07) is 0. The molecule has 0 spiro atoms. The highest BCUT2D eigenvalue weighted by Crippen LogP contribution is 2.31. The van der Waals surface area contributed by atoms with Crippen LogP contribution in [0.3, 0.4) is 0 Å².